The minimum absolute atomic E-state index is 0.0309. The highest BCUT2D eigenvalue weighted by Crippen LogP contribution is 2.24. The largest absolute Gasteiger partial charge is 0.507 e. The summed E-state index contributed by atoms with van der Waals surface area (Å²) in [5, 5.41) is 27.0. The molecule has 4 aromatic carbocycles. The van der Waals surface area contributed by atoms with E-state index < -0.39 is 0 Å². The molecule has 11 heteroatoms. The van der Waals surface area contributed by atoms with Crippen molar-refractivity contribution in [3.63, 3.8) is 0 Å². The van der Waals surface area contributed by atoms with Gasteiger partial charge in [0.1, 0.15) is 11.5 Å². The average Bonchev–Trinajstić information content (AvgIpc) is 3.01. The summed E-state index contributed by atoms with van der Waals surface area (Å²) in [5.41, 5.74) is 7.80. The van der Waals surface area contributed by atoms with Crippen LogP contribution in [-0.2, 0) is 0 Å². The molecule has 0 aliphatic carbocycles. The molecule has 0 aliphatic rings. The number of amides is 2. The lowest BCUT2D eigenvalue weighted by Gasteiger charge is -2.03. The summed E-state index contributed by atoms with van der Waals surface area (Å²) in [7, 11) is 0. The highest BCUT2D eigenvalue weighted by molar-refractivity contribution is 9.13. The van der Waals surface area contributed by atoms with Gasteiger partial charge in [0, 0.05) is 46.8 Å². The van der Waals surface area contributed by atoms with E-state index in [2.05, 4.69) is 80.7 Å². The number of hydrogen-bond acceptors (Lipinski definition) is 6. The van der Waals surface area contributed by atoms with E-state index in [9.17, 15) is 19.8 Å². The summed E-state index contributed by atoms with van der Waals surface area (Å²) < 4.78 is 2.51. The smallest absolute Gasteiger partial charge is 0.271 e. The molecule has 0 atom stereocenters. The molecule has 0 aliphatic heterocycles. The number of halogens is 3. The number of benzene rings is 4. The zero-order valence-electron chi connectivity index (χ0n) is 22.1. The fraction of sp³-hybridized carbons (Fsp3) is 0. The Morgan fingerprint density at radius 3 is 1.58 bits per heavy atom. The Morgan fingerprint density at radius 1 is 0.651 bits per heavy atom. The van der Waals surface area contributed by atoms with Gasteiger partial charge in [-0.05, 0) is 111 Å². The molecule has 0 bridgehead atoms. The number of aromatic hydroxyl groups is 2. The first kappa shape index (κ1) is 32.8. The van der Waals surface area contributed by atoms with Crippen LogP contribution in [0.4, 0.5) is 0 Å². The van der Waals surface area contributed by atoms with Crippen LogP contribution in [0.25, 0.3) is 0 Å². The number of hydrazone groups is 2. The lowest BCUT2D eigenvalue weighted by Crippen LogP contribution is -2.17. The first-order chi connectivity index (χ1) is 20.6. The Kier molecular flexibility index (Phi) is 12.3. The molecule has 0 spiro atoms. The van der Waals surface area contributed by atoms with Gasteiger partial charge in [-0.3, -0.25) is 9.59 Å². The van der Waals surface area contributed by atoms with Gasteiger partial charge in [-0.1, -0.05) is 27.8 Å². The Balaban J connectivity index is 0.000000236. The van der Waals surface area contributed by atoms with Crippen molar-refractivity contribution in [2.75, 3.05) is 0 Å². The zero-order chi connectivity index (χ0) is 31.4. The molecule has 0 heterocycles. The minimum Gasteiger partial charge on any atom is -0.507 e. The van der Waals surface area contributed by atoms with Crippen molar-refractivity contribution in [3.8, 4) is 36.2 Å². The Morgan fingerprint density at radius 2 is 1.12 bits per heavy atom. The predicted octanol–water partition coefficient (Wildman–Crippen LogP) is 6.56. The highest BCUT2D eigenvalue weighted by atomic mass is 79.9. The van der Waals surface area contributed by atoms with Gasteiger partial charge in [0.15, 0.2) is 0 Å². The number of phenolic OH excluding ortho intramolecular Hbond substituents is 2. The van der Waals surface area contributed by atoms with Crippen molar-refractivity contribution >= 4 is 72.0 Å². The van der Waals surface area contributed by atoms with Gasteiger partial charge in [-0.25, -0.2) is 10.9 Å². The van der Waals surface area contributed by atoms with E-state index in [4.69, 9.17) is 12.8 Å². The molecule has 43 heavy (non-hydrogen) atoms. The molecule has 0 aromatic heterocycles. The Labute approximate surface area is 273 Å². The normalized spacial score (nSPS) is 10.3. The van der Waals surface area contributed by atoms with Crippen molar-refractivity contribution in [1.29, 1.82) is 0 Å². The first-order valence-electron chi connectivity index (χ1n) is 12.1. The topological polar surface area (TPSA) is 123 Å². The van der Waals surface area contributed by atoms with E-state index in [-0.39, 0.29) is 23.3 Å². The second kappa shape index (κ2) is 16.1. The number of rotatable bonds is 6. The fourth-order valence-electron chi connectivity index (χ4n) is 3.18. The van der Waals surface area contributed by atoms with Gasteiger partial charge in [-0.15, -0.1) is 12.8 Å². The number of carbonyl (C=O) groups excluding carboxylic acids is 2. The van der Waals surface area contributed by atoms with Crippen LogP contribution < -0.4 is 10.9 Å². The van der Waals surface area contributed by atoms with Crippen molar-refractivity contribution in [3.05, 3.63) is 126 Å². The second-order valence-corrected chi connectivity index (χ2v) is 11.0. The Hall–Kier alpha value is -4.68. The quantitative estimate of drug-likeness (QED) is 0.101. The van der Waals surface area contributed by atoms with Crippen molar-refractivity contribution in [1.82, 2.24) is 10.9 Å². The minimum atomic E-state index is -0.364. The van der Waals surface area contributed by atoms with E-state index in [1.165, 1.54) is 24.6 Å². The number of nitrogens with zero attached hydrogens (tertiary/aromatic N) is 2. The summed E-state index contributed by atoms with van der Waals surface area (Å²) in [6.07, 6.45) is 13.3. The molecule has 0 saturated carbocycles. The van der Waals surface area contributed by atoms with Crippen molar-refractivity contribution in [2.24, 2.45) is 10.2 Å². The standard InChI is InChI=1S/C16H10Br2N2O2.C16H11BrN2O2/c1-2-10-3-6-15(21)12(7-10)9-19-20-16(22)11-4-5-13(17)14(18)8-11;1-2-11-3-8-15(20)13(9-11)10-18-19-16(21)12-4-6-14(17)7-5-12/h1,3-9,21H,(H,20,22);1,3-10,20H,(H,19,21)/b19-9+;18-10+. The van der Waals surface area contributed by atoms with Crippen LogP contribution in [0, 0.1) is 24.7 Å². The lowest BCUT2D eigenvalue weighted by atomic mass is 10.1. The number of phenols is 2. The van der Waals surface area contributed by atoms with Gasteiger partial charge in [0.05, 0.1) is 12.4 Å². The van der Waals surface area contributed by atoms with Crippen LogP contribution in [0.5, 0.6) is 11.5 Å². The molecular weight excluding hydrogens is 744 g/mol. The van der Waals surface area contributed by atoms with E-state index in [1.807, 2.05) is 0 Å². The van der Waals surface area contributed by atoms with Gasteiger partial charge in [0.25, 0.3) is 11.8 Å². The second-order valence-electron chi connectivity index (χ2n) is 8.37. The number of nitrogens with one attached hydrogen (secondary N) is 2. The maximum Gasteiger partial charge on any atom is 0.271 e. The molecule has 0 unspecified atom stereocenters. The summed E-state index contributed by atoms with van der Waals surface area (Å²) in [4.78, 5) is 23.8. The molecule has 0 radical (unpaired) electrons. The SMILES string of the molecule is C#Cc1ccc(O)c(/C=N/NC(=O)c2ccc(Br)c(Br)c2)c1.C#Cc1ccc(O)c(/C=N/NC(=O)c2ccc(Br)cc2)c1. The predicted molar refractivity (Wildman–Crippen MR) is 178 cm³/mol. The maximum atomic E-state index is 12.0. The van der Waals surface area contributed by atoms with Crippen LogP contribution in [0.1, 0.15) is 43.0 Å². The molecule has 4 aromatic rings. The highest BCUT2D eigenvalue weighted by Gasteiger charge is 2.07. The van der Waals surface area contributed by atoms with E-state index >= 15 is 0 Å². The molecule has 0 saturated heterocycles. The van der Waals surface area contributed by atoms with Crippen molar-refractivity contribution < 1.29 is 19.8 Å². The lowest BCUT2D eigenvalue weighted by molar-refractivity contribution is 0.0947. The summed E-state index contributed by atoms with van der Waals surface area (Å²) in [6, 6.07) is 21.4. The van der Waals surface area contributed by atoms with Gasteiger partial charge >= 0.3 is 0 Å². The van der Waals surface area contributed by atoms with Crippen LogP contribution >= 0.6 is 47.8 Å². The molecule has 2 amide bonds. The monoisotopic (exact) mass is 762 g/mol. The first-order valence-corrected chi connectivity index (χ1v) is 14.5. The third-order valence-corrected chi connectivity index (χ3v) is 7.82. The molecular formula is C32H21Br3N4O4. The number of hydrogen-bond donors (Lipinski definition) is 4. The third-order valence-electron chi connectivity index (χ3n) is 5.42. The molecule has 4 rings (SSSR count). The van der Waals surface area contributed by atoms with Crippen LogP contribution in [0.3, 0.4) is 0 Å². The maximum absolute atomic E-state index is 12.0. The van der Waals surface area contributed by atoms with Crippen molar-refractivity contribution in [2.45, 2.75) is 0 Å². The molecule has 214 valence electrons. The summed E-state index contributed by atoms with van der Waals surface area (Å²) >= 11 is 9.95. The summed E-state index contributed by atoms with van der Waals surface area (Å²) in [5.74, 6) is 4.29. The van der Waals surface area contributed by atoms with Crippen LogP contribution in [-0.4, -0.2) is 34.5 Å². The molecule has 0 fully saturated rings. The van der Waals surface area contributed by atoms with Gasteiger partial charge < -0.3 is 10.2 Å². The van der Waals surface area contributed by atoms with E-state index in [1.54, 1.807) is 66.7 Å². The number of carbonyl (C=O) groups is 2. The van der Waals surface area contributed by atoms with Crippen LogP contribution in [0.15, 0.2) is 102 Å². The molecule has 8 nitrogen and oxygen atoms in total. The van der Waals surface area contributed by atoms with Gasteiger partial charge in [0.2, 0.25) is 0 Å². The number of terminal acetylenes is 2. The summed E-state index contributed by atoms with van der Waals surface area (Å²) in [6.45, 7) is 0. The van der Waals surface area contributed by atoms with E-state index in [0.717, 1.165) is 13.4 Å². The third kappa shape index (κ3) is 9.97. The van der Waals surface area contributed by atoms with Gasteiger partial charge in [-0.2, -0.15) is 10.2 Å². The zero-order valence-corrected chi connectivity index (χ0v) is 26.8. The molecule has 4 N–H and O–H groups in total. The fourth-order valence-corrected chi connectivity index (χ4v) is 4.07. The Bertz CT molecular complexity index is 1790. The average molecular weight is 765 g/mol. The van der Waals surface area contributed by atoms with Crippen LogP contribution in [0.2, 0.25) is 0 Å². The van der Waals surface area contributed by atoms with E-state index in [0.29, 0.717) is 33.4 Å².